The van der Waals surface area contributed by atoms with Gasteiger partial charge in [-0.15, -0.1) is 0 Å². The highest BCUT2D eigenvalue weighted by atomic mass is 19.4. The van der Waals surface area contributed by atoms with E-state index in [0.717, 1.165) is 16.7 Å². The minimum Gasteiger partial charge on any atom is -0.493 e. The van der Waals surface area contributed by atoms with E-state index >= 15 is 0 Å². The number of hydrogen-bond acceptors (Lipinski definition) is 3. The molecule has 152 valence electrons. The Bertz CT molecular complexity index is 788. The molecule has 0 aliphatic heterocycles. The lowest BCUT2D eigenvalue weighted by molar-refractivity contribution is -0.153. The van der Waals surface area contributed by atoms with Crippen LogP contribution in [-0.2, 0) is 11.2 Å². The molecule has 2 aromatic carbocycles. The average molecular weight is 395 g/mol. The number of benzene rings is 2. The quantitative estimate of drug-likeness (QED) is 0.701. The van der Waals surface area contributed by atoms with Crippen LogP contribution in [0.2, 0.25) is 0 Å². The summed E-state index contributed by atoms with van der Waals surface area (Å²) in [6, 6.07) is 12.5. The Morgan fingerprint density at radius 2 is 1.79 bits per heavy atom. The first-order valence-corrected chi connectivity index (χ1v) is 8.90. The molecule has 28 heavy (non-hydrogen) atoms. The van der Waals surface area contributed by atoms with Crippen molar-refractivity contribution in [3.8, 4) is 11.5 Å². The zero-order valence-electron chi connectivity index (χ0n) is 16.1. The zero-order chi connectivity index (χ0) is 20.7. The van der Waals surface area contributed by atoms with Crippen molar-refractivity contribution in [1.29, 1.82) is 0 Å². The predicted molar refractivity (Wildman–Crippen MR) is 101 cm³/mol. The number of carbonyl (C=O) groups is 1. The van der Waals surface area contributed by atoms with Crippen LogP contribution in [0.1, 0.15) is 36.1 Å². The fourth-order valence-electron chi connectivity index (χ4n) is 2.66. The summed E-state index contributed by atoms with van der Waals surface area (Å²) in [5, 5.41) is 2.94. The molecular formula is C21H24F3NO3. The minimum atomic E-state index is -4.42. The fraction of sp³-hybridized carbons (Fsp3) is 0.381. The first kappa shape index (κ1) is 21.6. The molecule has 7 heteroatoms. The third kappa shape index (κ3) is 6.79. The Labute approximate surface area is 162 Å². The monoisotopic (exact) mass is 395 g/mol. The van der Waals surface area contributed by atoms with Gasteiger partial charge in [-0.1, -0.05) is 35.9 Å². The second-order valence-corrected chi connectivity index (χ2v) is 6.59. The third-order valence-electron chi connectivity index (χ3n) is 4.21. The third-order valence-corrected chi connectivity index (χ3v) is 4.21. The van der Waals surface area contributed by atoms with Crippen LogP contribution in [0.25, 0.3) is 0 Å². The Morgan fingerprint density at radius 1 is 1.11 bits per heavy atom. The number of aryl methyl sites for hydroxylation is 2. The Kier molecular flexibility index (Phi) is 7.31. The molecular weight excluding hydrogens is 371 g/mol. The molecule has 4 nitrogen and oxygen atoms in total. The maximum Gasteiger partial charge on any atom is 0.422 e. The fourth-order valence-corrected chi connectivity index (χ4v) is 2.66. The van der Waals surface area contributed by atoms with Crippen molar-refractivity contribution in [2.24, 2.45) is 0 Å². The molecule has 0 radical (unpaired) electrons. The molecule has 0 spiro atoms. The van der Waals surface area contributed by atoms with E-state index in [0.29, 0.717) is 6.42 Å². The molecule has 0 aromatic heterocycles. The molecule has 0 aliphatic carbocycles. The Hall–Kier alpha value is -2.70. The SMILES string of the molecule is COc1cc(CCC(=O)NC(C)c2ccc(C)cc2)ccc1OCC(F)(F)F. The molecule has 0 bridgehead atoms. The maximum atomic E-state index is 12.3. The highest BCUT2D eigenvalue weighted by molar-refractivity contribution is 5.76. The topological polar surface area (TPSA) is 47.6 Å². The van der Waals surface area contributed by atoms with E-state index in [1.165, 1.54) is 13.2 Å². The predicted octanol–water partition coefficient (Wildman–Crippen LogP) is 4.75. The van der Waals surface area contributed by atoms with E-state index in [1.807, 2.05) is 38.1 Å². The molecule has 1 unspecified atom stereocenters. The van der Waals surface area contributed by atoms with Crippen LogP contribution in [0.15, 0.2) is 42.5 Å². The standard InChI is InChI=1S/C21H24F3NO3/c1-14-4-8-17(9-5-14)15(2)25-20(26)11-7-16-6-10-18(19(12-16)27-3)28-13-21(22,23)24/h4-6,8-10,12,15H,7,11,13H2,1-3H3,(H,25,26). The number of hydrogen-bond donors (Lipinski definition) is 1. The minimum absolute atomic E-state index is 0.0148. The van der Waals surface area contributed by atoms with Crippen LogP contribution in [-0.4, -0.2) is 25.8 Å². The normalized spacial score (nSPS) is 12.4. The van der Waals surface area contributed by atoms with Crippen molar-refractivity contribution in [3.05, 3.63) is 59.2 Å². The zero-order valence-corrected chi connectivity index (χ0v) is 16.1. The summed E-state index contributed by atoms with van der Waals surface area (Å²) in [7, 11) is 1.36. The number of alkyl halides is 3. The van der Waals surface area contributed by atoms with Crippen molar-refractivity contribution < 1.29 is 27.4 Å². The molecule has 0 heterocycles. The lowest BCUT2D eigenvalue weighted by Crippen LogP contribution is -2.26. The molecule has 2 aromatic rings. The average Bonchev–Trinajstić information content (AvgIpc) is 2.64. The van der Waals surface area contributed by atoms with E-state index < -0.39 is 12.8 Å². The van der Waals surface area contributed by atoms with E-state index in [4.69, 9.17) is 9.47 Å². The van der Waals surface area contributed by atoms with Gasteiger partial charge in [-0.05, 0) is 43.5 Å². The maximum absolute atomic E-state index is 12.3. The molecule has 0 aliphatic rings. The summed E-state index contributed by atoms with van der Waals surface area (Å²) in [6.45, 7) is 2.53. The van der Waals surface area contributed by atoms with Gasteiger partial charge in [0.25, 0.3) is 0 Å². The molecule has 1 atom stereocenters. The summed E-state index contributed by atoms with van der Waals surface area (Å²) < 4.78 is 46.8. The van der Waals surface area contributed by atoms with Crippen molar-refractivity contribution in [2.75, 3.05) is 13.7 Å². The Balaban J connectivity index is 1.90. The van der Waals surface area contributed by atoms with Crippen LogP contribution >= 0.6 is 0 Å². The van der Waals surface area contributed by atoms with E-state index in [2.05, 4.69) is 5.32 Å². The number of nitrogens with one attached hydrogen (secondary N) is 1. The summed E-state index contributed by atoms with van der Waals surface area (Å²) in [4.78, 5) is 12.2. The van der Waals surface area contributed by atoms with Gasteiger partial charge in [-0.25, -0.2) is 0 Å². The first-order chi connectivity index (χ1) is 13.2. The number of methoxy groups -OCH3 is 1. The molecule has 0 saturated carbocycles. The Morgan fingerprint density at radius 3 is 2.39 bits per heavy atom. The van der Waals surface area contributed by atoms with Crippen molar-refractivity contribution in [2.45, 2.75) is 38.9 Å². The summed E-state index contributed by atoms with van der Waals surface area (Å²) >= 11 is 0. The van der Waals surface area contributed by atoms with Crippen LogP contribution in [0.4, 0.5) is 13.2 Å². The van der Waals surface area contributed by atoms with Crippen LogP contribution in [0, 0.1) is 6.92 Å². The number of rotatable bonds is 8. The van der Waals surface area contributed by atoms with Crippen LogP contribution < -0.4 is 14.8 Å². The van der Waals surface area contributed by atoms with Gasteiger partial charge in [0.15, 0.2) is 18.1 Å². The van der Waals surface area contributed by atoms with Gasteiger partial charge in [-0.2, -0.15) is 13.2 Å². The number of ether oxygens (including phenoxy) is 2. The molecule has 1 amide bonds. The smallest absolute Gasteiger partial charge is 0.422 e. The molecule has 2 rings (SSSR count). The second-order valence-electron chi connectivity index (χ2n) is 6.59. The van der Waals surface area contributed by atoms with E-state index in [-0.39, 0.29) is 29.9 Å². The number of amides is 1. The van der Waals surface area contributed by atoms with Crippen LogP contribution in [0.3, 0.4) is 0 Å². The summed E-state index contributed by atoms with van der Waals surface area (Å²) in [5.74, 6) is 0.112. The molecule has 0 saturated heterocycles. The second kappa shape index (κ2) is 9.48. The lowest BCUT2D eigenvalue weighted by Gasteiger charge is -2.15. The highest BCUT2D eigenvalue weighted by Gasteiger charge is 2.29. The van der Waals surface area contributed by atoms with Crippen molar-refractivity contribution in [3.63, 3.8) is 0 Å². The lowest BCUT2D eigenvalue weighted by atomic mass is 10.1. The van der Waals surface area contributed by atoms with Gasteiger partial charge < -0.3 is 14.8 Å². The van der Waals surface area contributed by atoms with E-state index in [1.54, 1.807) is 12.1 Å². The van der Waals surface area contributed by atoms with Crippen LogP contribution in [0.5, 0.6) is 11.5 Å². The van der Waals surface area contributed by atoms with Crippen molar-refractivity contribution >= 4 is 5.91 Å². The largest absolute Gasteiger partial charge is 0.493 e. The first-order valence-electron chi connectivity index (χ1n) is 8.90. The summed E-state index contributed by atoms with van der Waals surface area (Å²) in [6.07, 6.45) is -3.74. The van der Waals surface area contributed by atoms with E-state index in [9.17, 15) is 18.0 Å². The van der Waals surface area contributed by atoms with Gasteiger partial charge in [0.2, 0.25) is 5.91 Å². The highest BCUT2D eigenvalue weighted by Crippen LogP contribution is 2.30. The number of halogens is 3. The molecule has 1 N–H and O–H groups in total. The van der Waals surface area contributed by atoms with Crippen molar-refractivity contribution in [1.82, 2.24) is 5.32 Å². The van der Waals surface area contributed by atoms with Gasteiger partial charge in [0, 0.05) is 6.42 Å². The summed E-state index contributed by atoms with van der Waals surface area (Å²) in [5.41, 5.74) is 2.94. The van der Waals surface area contributed by atoms with Gasteiger partial charge in [0.1, 0.15) is 0 Å². The van der Waals surface area contributed by atoms with Gasteiger partial charge in [-0.3, -0.25) is 4.79 Å². The molecule has 0 fully saturated rings. The van der Waals surface area contributed by atoms with Gasteiger partial charge in [0.05, 0.1) is 13.2 Å². The number of carbonyl (C=O) groups excluding carboxylic acids is 1. The van der Waals surface area contributed by atoms with Gasteiger partial charge >= 0.3 is 6.18 Å².